The number of carbonyl (C=O) groups is 4. The summed E-state index contributed by atoms with van der Waals surface area (Å²) in [6.45, 7) is 0.977. The zero-order valence-corrected chi connectivity index (χ0v) is 18.5. The number of carbonyl (C=O) groups excluding carboxylic acids is 3. The quantitative estimate of drug-likeness (QED) is 0.0683. The molecule has 14 heteroatoms. The Labute approximate surface area is 185 Å². The van der Waals surface area contributed by atoms with Gasteiger partial charge in [0.05, 0.1) is 18.7 Å². The van der Waals surface area contributed by atoms with E-state index >= 15 is 0 Å². The van der Waals surface area contributed by atoms with Crippen LogP contribution in [0, 0.1) is 0 Å². The SMILES string of the molecule is CSCCC(N)C(=O)NCC(=O)NC(CCCN=C(N)N)C(=O)NC(C(=O)O)C(C)O. The van der Waals surface area contributed by atoms with E-state index in [-0.39, 0.29) is 18.9 Å². The summed E-state index contributed by atoms with van der Waals surface area (Å²) in [5, 5.41) is 25.7. The number of rotatable bonds is 15. The first-order valence-electron chi connectivity index (χ1n) is 9.57. The van der Waals surface area contributed by atoms with Crippen molar-refractivity contribution in [3.63, 3.8) is 0 Å². The molecular formula is C17H33N7O6S. The van der Waals surface area contributed by atoms with Crippen LogP contribution in [0.4, 0.5) is 0 Å². The number of carboxylic acid groups (broad SMARTS) is 1. The lowest BCUT2D eigenvalue weighted by atomic mass is 10.1. The van der Waals surface area contributed by atoms with Gasteiger partial charge in [-0.15, -0.1) is 0 Å². The van der Waals surface area contributed by atoms with Gasteiger partial charge in [-0.05, 0) is 38.2 Å². The summed E-state index contributed by atoms with van der Waals surface area (Å²) < 4.78 is 0. The van der Waals surface area contributed by atoms with Crippen LogP contribution < -0.4 is 33.2 Å². The van der Waals surface area contributed by atoms with Crippen LogP contribution in [0.25, 0.3) is 0 Å². The Hall–Kier alpha value is -2.58. The summed E-state index contributed by atoms with van der Waals surface area (Å²) >= 11 is 1.54. The Morgan fingerprint density at radius 3 is 2.26 bits per heavy atom. The molecule has 0 rings (SSSR count). The molecule has 0 fully saturated rings. The predicted octanol–water partition coefficient (Wildman–Crippen LogP) is -3.33. The highest BCUT2D eigenvalue weighted by Crippen LogP contribution is 2.02. The third-order valence-electron chi connectivity index (χ3n) is 4.04. The number of hydrogen-bond donors (Lipinski definition) is 8. The van der Waals surface area contributed by atoms with Gasteiger partial charge in [0.15, 0.2) is 12.0 Å². The Bertz CT molecular complexity index is 642. The van der Waals surface area contributed by atoms with Crippen molar-refractivity contribution in [3.05, 3.63) is 0 Å². The summed E-state index contributed by atoms with van der Waals surface area (Å²) in [6.07, 6.45) is 1.35. The van der Waals surface area contributed by atoms with Gasteiger partial charge in [-0.25, -0.2) is 4.79 Å². The van der Waals surface area contributed by atoms with Crippen LogP contribution in [0.3, 0.4) is 0 Å². The van der Waals surface area contributed by atoms with E-state index in [0.29, 0.717) is 18.6 Å². The van der Waals surface area contributed by atoms with Crippen LogP contribution in [0.15, 0.2) is 4.99 Å². The number of nitrogens with two attached hydrogens (primary N) is 3. The zero-order chi connectivity index (χ0) is 24.0. The lowest BCUT2D eigenvalue weighted by molar-refractivity contribution is -0.145. The highest BCUT2D eigenvalue weighted by Gasteiger charge is 2.29. The molecule has 0 aromatic rings. The van der Waals surface area contributed by atoms with E-state index in [9.17, 15) is 24.3 Å². The number of nitrogens with zero attached hydrogens (tertiary/aromatic N) is 1. The molecule has 0 spiro atoms. The second-order valence-corrected chi connectivity index (χ2v) is 7.73. The highest BCUT2D eigenvalue weighted by molar-refractivity contribution is 7.98. The first kappa shape index (κ1) is 28.4. The maximum atomic E-state index is 12.5. The van der Waals surface area contributed by atoms with E-state index in [1.807, 2.05) is 6.26 Å². The Kier molecular flexibility index (Phi) is 14.0. The molecule has 0 aliphatic heterocycles. The van der Waals surface area contributed by atoms with E-state index in [2.05, 4.69) is 20.9 Å². The fourth-order valence-electron chi connectivity index (χ4n) is 2.33. The van der Waals surface area contributed by atoms with Crippen LogP contribution in [0.1, 0.15) is 26.2 Å². The van der Waals surface area contributed by atoms with Crippen LogP contribution in [0.5, 0.6) is 0 Å². The molecule has 0 saturated heterocycles. The molecule has 3 amide bonds. The molecule has 0 radical (unpaired) electrons. The molecule has 31 heavy (non-hydrogen) atoms. The van der Waals surface area contributed by atoms with Gasteiger partial charge < -0.3 is 43.4 Å². The van der Waals surface area contributed by atoms with E-state index in [1.54, 1.807) is 0 Å². The van der Waals surface area contributed by atoms with Crippen LogP contribution in [0.2, 0.25) is 0 Å². The average Bonchev–Trinajstić information content (AvgIpc) is 2.69. The number of aliphatic carboxylic acids is 1. The van der Waals surface area contributed by atoms with Gasteiger partial charge in [0, 0.05) is 6.54 Å². The maximum Gasteiger partial charge on any atom is 0.328 e. The predicted molar refractivity (Wildman–Crippen MR) is 117 cm³/mol. The third kappa shape index (κ3) is 12.7. The van der Waals surface area contributed by atoms with E-state index < -0.39 is 54.5 Å². The molecular weight excluding hydrogens is 430 g/mol. The molecule has 0 aliphatic carbocycles. The Morgan fingerprint density at radius 1 is 1.10 bits per heavy atom. The number of nitrogens with one attached hydrogen (secondary N) is 3. The van der Waals surface area contributed by atoms with Crippen molar-refractivity contribution < 1.29 is 29.4 Å². The van der Waals surface area contributed by atoms with Crippen molar-refractivity contribution in [2.75, 3.05) is 25.1 Å². The Balaban J connectivity index is 4.97. The van der Waals surface area contributed by atoms with Crippen molar-refractivity contribution in [3.8, 4) is 0 Å². The van der Waals surface area contributed by atoms with Crippen molar-refractivity contribution in [1.82, 2.24) is 16.0 Å². The van der Waals surface area contributed by atoms with Gasteiger partial charge >= 0.3 is 5.97 Å². The number of hydrogen-bond acceptors (Lipinski definition) is 8. The minimum atomic E-state index is -1.56. The molecule has 0 aromatic carbocycles. The maximum absolute atomic E-state index is 12.5. The van der Waals surface area contributed by atoms with Crippen molar-refractivity contribution >= 4 is 41.4 Å². The number of aliphatic imine (C=N–C) groups is 1. The zero-order valence-electron chi connectivity index (χ0n) is 17.7. The standard InChI is InChI=1S/C17H33N7O6S/c1-9(25)13(16(29)30)24-15(28)11(4-3-6-21-17(19)20)23-12(26)8-22-14(27)10(18)5-7-31-2/h9-11,13,25H,3-8,18H2,1-2H3,(H,22,27)(H,23,26)(H,24,28)(H,29,30)(H4,19,20,21). The number of aliphatic hydroxyl groups excluding tert-OH is 1. The molecule has 13 nitrogen and oxygen atoms in total. The smallest absolute Gasteiger partial charge is 0.328 e. The number of guanidine groups is 1. The van der Waals surface area contributed by atoms with Crippen LogP contribution >= 0.6 is 11.8 Å². The summed E-state index contributed by atoms with van der Waals surface area (Å²) in [4.78, 5) is 51.6. The minimum absolute atomic E-state index is 0.0850. The van der Waals surface area contributed by atoms with Crippen LogP contribution in [-0.4, -0.2) is 89.2 Å². The van der Waals surface area contributed by atoms with Gasteiger partial charge in [0.25, 0.3) is 0 Å². The van der Waals surface area contributed by atoms with Crippen LogP contribution in [-0.2, 0) is 19.2 Å². The molecule has 0 saturated carbocycles. The average molecular weight is 464 g/mol. The first-order valence-corrected chi connectivity index (χ1v) is 11.0. The van der Waals surface area contributed by atoms with E-state index in [4.69, 9.17) is 22.3 Å². The molecule has 0 heterocycles. The molecule has 0 aromatic heterocycles. The minimum Gasteiger partial charge on any atom is -0.480 e. The fraction of sp³-hybridized carbons (Fsp3) is 0.706. The topological polar surface area (TPSA) is 235 Å². The lowest BCUT2D eigenvalue weighted by Gasteiger charge is -2.23. The summed E-state index contributed by atoms with van der Waals surface area (Å²) in [6, 6.07) is -3.45. The van der Waals surface area contributed by atoms with Crippen molar-refractivity contribution in [2.45, 2.75) is 50.4 Å². The molecule has 4 unspecified atom stereocenters. The van der Waals surface area contributed by atoms with Crippen molar-refractivity contribution in [2.24, 2.45) is 22.2 Å². The largest absolute Gasteiger partial charge is 0.480 e. The summed E-state index contributed by atoms with van der Waals surface area (Å²) in [7, 11) is 0. The Morgan fingerprint density at radius 2 is 1.74 bits per heavy atom. The number of amides is 3. The highest BCUT2D eigenvalue weighted by atomic mass is 32.2. The summed E-state index contributed by atoms with van der Waals surface area (Å²) in [5.74, 6) is -2.86. The third-order valence-corrected chi connectivity index (χ3v) is 4.68. The summed E-state index contributed by atoms with van der Waals surface area (Å²) in [5.41, 5.74) is 16.2. The van der Waals surface area contributed by atoms with E-state index in [0.717, 1.165) is 0 Å². The fourth-order valence-corrected chi connectivity index (χ4v) is 2.82. The first-order chi connectivity index (χ1) is 14.5. The molecule has 11 N–H and O–H groups in total. The van der Waals surface area contributed by atoms with Gasteiger partial charge in [0.1, 0.15) is 6.04 Å². The second-order valence-electron chi connectivity index (χ2n) is 6.74. The van der Waals surface area contributed by atoms with Crippen molar-refractivity contribution in [1.29, 1.82) is 0 Å². The van der Waals surface area contributed by atoms with Gasteiger partial charge in [0.2, 0.25) is 17.7 Å². The van der Waals surface area contributed by atoms with E-state index in [1.165, 1.54) is 18.7 Å². The number of thioether (sulfide) groups is 1. The second kappa shape index (κ2) is 15.3. The molecule has 0 bridgehead atoms. The molecule has 4 atom stereocenters. The monoisotopic (exact) mass is 463 g/mol. The lowest BCUT2D eigenvalue weighted by Crippen LogP contribution is -2.56. The normalized spacial score (nSPS) is 14.5. The number of aliphatic hydroxyl groups is 1. The molecule has 178 valence electrons. The van der Waals surface area contributed by atoms with Gasteiger partial charge in [-0.3, -0.25) is 19.4 Å². The number of carboxylic acids is 1. The van der Waals surface area contributed by atoms with Gasteiger partial charge in [-0.1, -0.05) is 0 Å². The van der Waals surface area contributed by atoms with Gasteiger partial charge in [-0.2, -0.15) is 11.8 Å². The molecule has 0 aliphatic rings.